The van der Waals surface area contributed by atoms with Gasteiger partial charge in [-0.15, -0.1) is 0 Å². The van der Waals surface area contributed by atoms with Crippen LogP contribution in [0.2, 0.25) is 0 Å². The van der Waals surface area contributed by atoms with E-state index in [1.165, 1.54) is 21.6 Å². The zero-order valence-electron chi connectivity index (χ0n) is 17.1. The van der Waals surface area contributed by atoms with Gasteiger partial charge in [0.15, 0.2) is 5.82 Å². The van der Waals surface area contributed by atoms with Crippen molar-refractivity contribution in [3.05, 3.63) is 79.0 Å². The lowest BCUT2D eigenvalue weighted by Gasteiger charge is -2.34. The quantitative estimate of drug-likeness (QED) is 0.473. The topological polar surface area (TPSA) is 101 Å². The fourth-order valence-corrected chi connectivity index (χ4v) is 5.30. The Morgan fingerprint density at radius 1 is 0.906 bits per heavy atom. The molecule has 4 aromatic rings. The first kappa shape index (κ1) is 20.3. The number of sulfonamides is 1. The summed E-state index contributed by atoms with van der Waals surface area (Å²) in [6.45, 7) is 1.02. The summed E-state index contributed by atoms with van der Waals surface area (Å²) < 4.78 is 29.2. The van der Waals surface area contributed by atoms with Crippen LogP contribution < -0.4 is 0 Å². The third-order valence-electron chi connectivity index (χ3n) is 5.54. The first-order valence-electron chi connectivity index (χ1n) is 10.1. The van der Waals surface area contributed by atoms with Crippen LogP contribution in [-0.4, -0.2) is 69.5 Å². The molecule has 1 fully saturated rings. The normalized spacial score (nSPS) is 15.2. The molecule has 0 unspecified atom stereocenters. The number of aromatic nitrogens is 4. The number of amides is 1. The first-order valence-corrected chi connectivity index (χ1v) is 11.6. The maximum Gasteiger partial charge on any atom is 0.257 e. The third kappa shape index (κ3) is 3.63. The molecule has 0 saturated carbocycles. The first-order chi connectivity index (χ1) is 15.5. The van der Waals surface area contributed by atoms with Crippen LogP contribution in [0.3, 0.4) is 0 Å². The predicted octanol–water partition coefficient (Wildman–Crippen LogP) is 1.96. The van der Waals surface area contributed by atoms with Gasteiger partial charge in [0.1, 0.15) is 12.7 Å². The SMILES string of the molecule is O=C(c1cccnc1-n1cncn1)N1CCN(S(=O)(=O)c2ccc3ccccc3c2)CC1. The third-order valence-corrected chi connectivity index (χ3v) is 7.43. The Morgan fingerprint density at radius 3 is 2.44 bits per heavy atom. The molecule has 0 bridgehead atoms. The Hall–Kier alpha value is -3.63. The van der Waals surface area contributed by atoms with E-state index in [0.29, 0.717) is 11.4 Å². The van der Waals surface area contributed by atoms with Crippen molar-refractivity contribution in [2.75, 3.05) is 26.2 Å². The average molecular weight is 449 g/mol. The van der Waals surface area contributed by atoms with Gasteiger partial charge in [0.25, 0.3) is 5.91 Å². The Morgan fingerprint density at radius 2 is 1.69 bits per heavy atom. The summed E-state index contributed by atoms with van der Waals surface area (Å²) in [5.41, 5.74) is 0.392. The lowest BCUT2D eigenvalue weighted by Crippen LogP contribution is -2.50. The number of pyridine rings is 1. The van der Waals surface area contributed by atoms with E-state index < -0.39 is 10.0 Å². The van der Waals surface area contributed by atoms with Crippen molar-refractivity contribution in [3.63, 3.8) is 0 Å². The van der Waals surface area contributed by atoms with E-state index in [1.54, 1.807) is 35.4 Å². The molecule has 5 rings (SSSR count). The molecule has 2 aromatic heterocycles. The largest absolute Gasteiger partial charge is 0.336 e. The number of carbonyl (C=O) groups excluding carboxylic acids is 1. The van der Waals surface area contributed by atoms with Crippen LogP contribution in [0.5, 0.6) is 0 Å². The molecule has 10 heteroatoms. The van der Waals surface area contributed by atoms with Crippen molar-refractivity contribution in [1.82, 2.24) is 29.0 Å². The summed E-state index contributed by atoms with van der Waals surface area (Å²) in [4.78, 5) is 23.2. The second-order valence-corrected chi connectivity index (χ2v) is 9.36. The van der Waals surface area contributed by atoms with E-state index in [1.807, 2.05) is 30.3 Å². The van der Waals surface area contributed by atoms with E-state index in [-0.39, 0.29) is 37.0 Å². The van der Waals surface area contributed by atoms with E-state index in [4.69, 9.17) is 0 Å². The van der Waals surface area contributed by atoms with Gasteiger partial charge in [-0.1, -0.05) is 30.3 Å². The molecule has 162 valence electrons. The van der Waals surface area contributed by atoms with Crippen molar-refractivity contribution < 1.29 is 13.2 Å². The maximum atomic E-state index is 13.2. The Bertz CT molecular complexity index is 1380. The molecule has 3 heterocycles. The van der Waals surface area contributed by atoms with Gasteiger partial charge < -0.3 is 4.90 Å². The molecule has 0 atom stereocenters. The summed E-state index contributed by atoms with van der Waals surface area (Å²) in [6.07, 6.45) is 4.44. The van der Waals surface area contributed by atoms with Crippen molar-refractivity contribution in [2.24, 2.45) is 0 Å². The van der Waals surface area contributed by atoms with Crippen LogP contribution in [0, 0.1) is 0 Å². The van der Waals surface area contributed by atoms with Gasteiger partial charge in [0.05, 0.1) is 10.5 Å². The highest BCUT2D eigenvalue weighted by Gasteiger charge is 2.31. The van der Waals surface area contributed by atoms with Gasteiger partial charge in [-0.05, 0) is 35.0 Å². The fourth-order valence-electron chi connectivity index (χ4n) is 3.84. The Balaban J connectivity index is 1.33. The van der Waals surface area contributed by atoms with Gasteiger partial charge >= 0.3 is 0 Å². The van der Waals surface area contributed by atoms with Crippen molar-refractivity contribution >= 4 is 26.7 Å². The molecular weight excluding hydrogens is 428 g/mol. The number of carbonyl (C=O) groups is 1. The minimum Gasteiger partial charge on any atom is -0.336 e. The molecule has 1 aliphatic heterocycles. The summed E-state index contributed by atoms with van der Waals surface area (Å²) in [7, 11) is -3.65. The van der Waals surface area contributed by atoms with Gasteiger partial charge in [-0.2, -0.15) is 9.40 Å². The number of benzene rings is 2. The van der Waals surface area contributed by atoms with Crippen LogP contribution >= 0.6 is 0 Å². The van der Waals surface area contributed by atoms with Crippen molar-refractivity contribution in [3.8, 4) is 5.82 Å². The Kier molecular flexibility index (Phi) is 5.16. The van der Waals surface area contributed by atoms with Crippen LogP contribution in [0.1, 0.15) is 10.4 Å². The highest BCUT2D eigenvalue weighted by molar-refractivity contribution is 7.89. The summed E-state index contributed by atoms with van der Waals surface area (Å²) in [6, 6.07) is 16.2. The zero-order valence-corrected chi connectivity index (χ0v) is 17.9. The van der Waals surface area contributed by atoms with E-state index in [0.717, 1.165) is 10.8 Å². The van der Waals surface area contributed by atoms with Gasteiger partial charge in [0, 0.05) is 32.4 Å². The second kappa shape index (κ2) is 8.13. The van der Waals surface area contributed by atoms with E-state index >= 15 is 0 Å². The molecular formula is C22H20N6O3S. The highest BCUT2D eigenvalue weighted by atomic mass is 32.2. The van der Waals surface area contributed by atoms with Crippen molar-refractivity contribution in [1.29, 1.82) is 0 Å². The van der Waals surface area contributed by atoms with E-state index in [2.05, 4.69) is 15.1 Å². The number of hydrogen-bond donors (Lipinski definition) is 0. The number of hydrogen-bond acceptors (Lipinski definition) is 6. The van der Waals surface area contributed by atoms with Gasteiger partial charge in [0.2, 0.25) is 10.0 Å². The van der Waals surface area contributed by atoms with Crippen LogP contribution in [0.25, 0.3) is 16.6 Å². The van der Waals surface area contributed by atoms with Crippen LogP contribution in [-0.2, 0) is 10.0 Å². The molecule has 0 N–H and O–H groups in total. The molecule has 1 aliphatic rings. The molecule has 9 nitrogen and oxygen atoms in total. The number of fused-ring (bicyclic) bond motifs is 1. The predicted molar refractivity (Wildman–Crippen MR) is 118 cm³/mol. The lowest BCUT2D eigenvalue weighted by atomic mass is 10.1. The molecule has 2 aromatic carbocycles. The van der Waals surface area contributed by atoms with Crippen LogP contribution in [0.4, 0.5) is 0 Å². The highest BCUT2D eigenvalue weighted by Crippen LogP contribution is 2.23. The monoisotopic (exact) mass is 448 g/mol. The molecule has 1 saturated heterocycles. The summed E-state index contributed by atoms with van der Waals surface area (Å²) in [5.74, 6) is 0.174. The van der Waals surface area contributed by atoms with Gasteiger partial charge in [-0.25, -0.2) is 23.1 Å². The summed E-state index contributed by atoms with van der Waals surface area (Å²) in [5, 5.41) is 5.92. The van der Waals surface area contributed by atoms with Crippen LogP contribution in [0.15, 0.2) is 78.3 Å². The lowest BCUT2D eigenvalue weighted by molar-refractivity contribution is 0.0697. The number of piperazine rings is 1. The average Bonchev–Trinajstić information content (AvgIpc) is 3.38. The summed E-state index contributed by atoms with van der Waals surface area (Å²) >= 11 is 0. The second-order valence-electron chi connectivity index (χ2n) is 7.42. The molecule has 0 aliphatic carbocycles. The smallest absolute Gasteiger partial charge is 0.257 e. The van der Waals surface area contributed by atoms with Crippen molar-refractivity contribution in [2.45, 2.75) is 4.90 Å². The number of rotatable bonds is 4. The maximum absolute atomic E-state index is 13.2. The minimum atomic E-state index is -3.65. The molecule has 0 spiro atoms. The molecule has 1 amide bonds. The minimum absolute atomic E-state index is 0.216. The Labute approximate surface area is 185 Å². The van der Waals surface area contributed by atoms with Gasteiger partial charge in [-0.3, -0.25) is 4.79 Å². The molecule has 32 heavy (non-hydrogen) atoms. The standard InChI is InChI=1S/C22H20N6O3S/c29-22(20-6-3-9-24-21(20)28-16-23-15-25-28)26-10-12-27(13-11-26)32(30,31)19-8-7-17-4-1-2-5-18(17)14-19/h1-9,14-16H,10-13H2. The van der Waals surface area contributed by atoms with E-state index in [9.17, 15) is 13.2 Å². The molecule has 0 radical (unpaired) electrons. The zero-order chi connectivity index (χ0) is 22.1. The number of nitrogens with zero attached hydrogens (tertiary/aromatic N) is 6. The fraction of sp³-hybridized carbons (Fsp3) is 0.182.